The van der Waals surface area contributed by atoms with Gasteiger partial charge in [-0.05, 0) is 43.7 Å². The fourth-order valence-electron chi connectivity index (χ4n) is 3.38. The summed E-state index contributed by atoms with van der Waals surface area (Å²) in [5.41, 5.74) is 4.16. The standard InChI is InChI=1S/C20H23ClFN7O/c1-2-29(13-4-5-13)10-9-24-20-26-17-14(7-8-23-19(17)27-20)18(28-30)25-12-3-6-16(22)15(21)11-12/h3,6-8,11,13,30H,2,4-5,9-10H2,1H3,(H,25,28)(H2,23,24,26,27). The minimum atomic E-state index is -0.534. The normalized spacial score (nSPS) is 14.5. The number of halogens is 2. The summed E-state index contributed by atoms with van der Waals surface area (Å²) in [6, 6.07) is 6.48. The third-order valence-electron chi connectivity index (χ3n) is 5.06. The lowest BCUT2D eigenvalue weighted by Gasteiger charge is -2.19. The van der Waals surface area contributed by atoms with E-state index in [4.69, 9.17) is 11.6 Å². The highest BCUT2D eigenvalue weighted by Crippen LogP contribution is 2.26. The number of hydroxylamine groups is 1. The van der Waals surface area contributed by atoms with Crippen LogP contribution in [0, 0.1) is 5.82 Å². The van der Waals surface area contributed by atoms with Gasteiger partial charge in [0.25, 0.3) is 0 Å². The Hall–Kier alpha value is -2.75. The maximum absolute atomic E-state index is 13.4. The van der Waals surface area contributed by atoms with Crippen LogP contribution in [0.15, 0.2) is 35.5 Å². The van der Waals surface area contributed by atoms with Crippen LogP contribution in [0.25, 0.3) is 11.2 Å². The number of imidazole rings is 1. The number of aliphatic imine (C=N–C) groups is 1. The molecular weight excluding hydrogens is 409 g/mol. The predicted molar refractivity (Wildman–Crippen MR) is 115 cm³/mol. The minimum absolute atomic E-state index is 0.0474. The second-order valence-electron chi connectivity index (χ2n) is 7.10. The first kappa shape index (κ1) is 20.5. The summed E-state index contributed by atoms with van der Waals surface area (Å²) >= 11 is 5.82. The highest BCUT2D eigenvalue weighted by molar-refractivity contribution is 6.31. The first-order chi connectivity index (χ1) is 14.6. The van der Waals surface area contributed by atoms with E-state index < -0.39 is 5.82 Å². The molecule has 10 heteroatoms. The van der Waals surface area contributed by atoms with Gasteiger partial charge in [0.15, 0.2) is 11.5 Å². The van der Waals surface area contributed by atoms with Crippen LogP contribution in [0.5, 0.6) is 0 Å². The summed E-state index contributed by atoms with van der Waals surface area (Å²) in [5.74, 6) is 0.220. The number of amidine groups is 1. The van der Waals surface area contributed by atoms with Gasteiger partial charge in [-0.25, -0.2) is 14.4 Å². The minimum Gasteiger partial charge on any atom is -0.354 e. The number of hydrogen-bond donors (Lipinski definition) is 4. The molecule has 1 aliphatic carbocycles. The summed E-state index contributed by atoms with van der Waals surface area (Å²) in [7, 11) is 0. The van der Waals surface area contributed by atoms with Gasteiger partial charge in [-0.2, -0.15) is 4.98 Å². The van der Waals surface area contributed by atoms with Gasteiger partial charge in [0, 0.05) is 30.9 Å². The van der Waals surface area contributed by atoms with Crippen molar-refractivity contribution >= 4 is 40.2 Å². The number of nitrogens with one attached hydrogen (secondary N) is 3. The Morgan fingerprint density at radius 3 is 2.93 bits per heavy atom. The van der Waals surface area contributed by atoms with Crippen LogP contribution < -0.4 is 10.8 Å². The molecule has 0 spiro atoms. The van der Waals surface area contributed by atoms with Crippen LogP contribution >= 0.6 is 11.6 Å². The Bertz CT molecular complexity index is 1070. The molecule has 1 aromatic carbocycles. The number of benzene rings is 1. The average molecular weight is 432 g/mol. The molecule has 0 bridgehead atoms. The van der Waals surface area contributed by atoms with Crippen LogP contribution in [-0.4, -0.2) is 56.6 Å². The van der Waals surface area contributed by atoms with E-state index in [1.807, 2.05) is 0 Å². The van der Waals surface area contributed by atoms with Crippen LogP contribution in [-0.2, 0) is 0 Å². The molecule has 2 heterocycles. The maximum Gasteiger partial charge on any atom is 0.202 e. The van der Waals surface area contributed by atoms with Crippen molar-refractivity contribution < 1.29 is 9.60 Å². The molecule has 1 fully saturated rings. The lowest BCUT2D eigenvalue weighted by Crippen LogP contribution is -2.31. The topological polar surface area (TPSA) is 101 Å². The van der Waals surface area contributed by atoms with Crippen LogP contribution in [0.3, 0.4) is 0 Å². The molecule has 0 atom stereocenters. The van der Waals surface area contributed by atoms with Crippen molar-refractivity contribution in [3.05, 3.63) is 46.9 Å². The van der Waals surface area contributed by atoms with E-state index in [9.17, 15) is 9.60 Å². The van der Waals surface area contributed by atoms with Gasteiger partial charge in [-0.15, -0.1) is 0 Å². The number of fused-ring (bicyclic) bond motifs is 1. The molecule has 158 valence electrons. The van der Waals surface area contributed by atoms with Crippen molar-refractivity contribution in [2.24, 2.45) is 4.99 Å². The molecule has 8 nitrogen and oxygen atoms in total. The Kier molecular flexibility index (Phi) is 6.12. The highest BCUT2D eigenvalue weighted by Gasteiger charge is 2.27. The number of nitrogens with zero attached hydrogens (tertiary/aromatic N) is 4. The number of anilines is 1. The molecule has 1 aliphatic rings. The van der Waals surface area contributed by atoms with Crippen molar-refractivity contribution in [2.45, 2.75) is 25.8 Å². The largest absolute Gasteiger partial charge is 0.354 e. The second-order valence-corrected chi connectivity index (χ2v) is 7.51. The van der Waals surface area contributed by atoms with Crippen molar-refractivity contribution in [1.29, 1.82) is 0 Å². The Morgan fingerprint density at radius 1 is 1.40 bits per heavy atom. The van der Waals surface area contributed by atoms with Crippen molar-refractivity contribution in [3.8, 4) is 0 Å². The van der Waals surface area contributed by atoms with Gasteiger partial charge in [-0.3, -0.25) is 15.6 Å². The Labute approximate surface area is 178 Å². The SMILES string of the molecule is CCN(CCNc1nc2nccc(C(=Nc3ccc(F)c(Cl)c3)NO)c2[nH]1)C1CC1. The van der Waals surface area contributed by atoms with E-state index in [1.54, 1.807) is 12.3 Å². The molecule has 4 rings (SSSR count). The molecule has 0 unspecified atom stereocenters. The molecule has 0 saturated heterocycles. The third kappa shape index (κ3) is 4.53. The number of aromatic nitrogens is 3. The predicted octanol–water partition coefficient (Wildman–Crippen LogP) is 3.70. The fraction of sp³-hybridized carbons (Fsp3) is 0.350. The molecule has 3 aromatic rings. The molecule has 2 aromatic heterocycles. The van der Waals surface area contributed by atoms with Crippen LogP contribution in [0.2, 0.25) is 5.02 Å². The van der Waals surface area contributed by atoms with Crippen molar-refractivity contribution in [3.63, 3.8) is 0 Å². The lowest BCUT2D eigenvalue weighted by molar-refractivity contribution is 0.235. The van der Waals surface area contributed by atoms with Gasteiger partial charge in [0.2, 0.25) is 5.95 Å². The zero-order valence-corrected chi connectivity index (χ0v) is 17.2. The number of aromatic amines is 1. The van der Waals surface area contributed by atoms with E-state index in [-0.39, 0.29) is 10.9 Å². The smallest absolute Gasteiger partial charge is 0.202 e. The molecule has 0 aliphatic heterocycles. The summed E-state index contributed by atoms with van der Waals surface area (Å²) in [5, 5.41) is 12.9. The van der Waals surface area contributed by atoms with Gasteiger partial charge < -0.3 is 10.3 Å². The average Bonchev–Trinajstić information content (AvgIpc) is 3.50. The fourth-order valence-corrected chi connectivity index (χ4v) is 3.55. The number of pyridine rings is 1. The second kappa shape index (κ2) is 8.95. The third-order valence-corrected chi connectivity index (χ3v) is 5.35. The number of likely N-dealkylation sites (N-methyl/N-ethyl adjacent to an activating group) is 1. The summed E-state index contributed by atoms with van der Waals surface area (Å²) in [6.07, 6.45) is 4.14. The molecular formula is C20H23ClFN7O. The summed E-state index contributed by atoms with van der Waals surface area (Å²) < 4.78 is 13.4. The Balaban J connectivity index is 1.55. The van der Waals surface area contributed by atoms with Gasteiger partial charge in [-0.1, -0.05) is 18.5 Å². The maximum atomic E-state index is 13.4. The van der Waals surface area contributed by atoms with Crippen molar-refractivity contribution in [2.75, 3.05) is 25.0 Å². The van der Waals surface area contributed by atoms with E-state index >= 15 is 0 Å². The molecule has 0 radical (unpaired) electrons. The van der Waals surface area contributed by atoms with Crippen LogP contribution in [0.1, 0.15) is 25.3 Å². The lowest BCUT2D eigenvalue weighted by atomic mass is 10.2. The monoisotopic (exact) mass is 431 g/mol. The van der Waals surface area contributed by atoms with Crippen molar-refractivity contribution in [1.82, 2.24) is 25.3 Å². The molecule has 0 amide bonds. The van der Waals surface area contributed by atoms with E-state index in [1.165, 1.54) is 31.0 Å². The van der Waals surface area contributed by atoms with E-state index in [0.29, 0.717) is 28.4 Å². The number of H-pyrrole nitrogens is 1. The first-order valence-electron chi connectivity index (χ1n) is 9.86. The Morgan fingerprint density at radius 2 is 2.23 bits per heavy atom. The number of rotatable bonds is 8. The van der Waals surface area contributed by atoms with Gasteiger partial charge in [0.05, 0.1) is 16.2 Å². The number of hydrogen-bond acceptors (Lipinski definition) is 6. The zero-order valence-electron chi connectivity index (χ0n) is 16.5. The van der Waals surface area contributed by atoms with Crippen LogP contribution in [0.4, 0.5) is 16.0 Å². The van der Waals surface area contributed by atoms with E-state index in [0.717, 1.165) is 25.7 Å². The van der Waals surface area contributed by atoms with Gasteiger partial charge >= 0.3 is 0 Å². The summed E-state index contributed by atoms with van der Waals surface area (Å²) in [6.45, 7) is 4.90. The summed E-state index contributed by atoms with van der Waals surface area (Å²) in [4.78, 5) is 18.7. The highest BCUT2D eigenvalue weighted by atomic mass is 35.5. The van der Waals surface area contributed by atoms with Gasteiger partial charge in [0.1, 0.15) is 5.82 Å². The quantitative estimate of drug-likeness (QED) is 0.246. The zero-order chi connectivity index (χ0) is 21.1. The first-order valence-corrected chi connectivity index (χ1v) is 10.2. The molecule has 1 saturated carbocycles. The molecule has 4 N–H and O–H groups in total. The van der Waals surface area contributed by atoms with E-state index in [2.05, 4.69) is 42.6 Å². The molecule has 30 heavy (non-hydrogen) atoms.